The van der Waals surface area contributed by atoms with Crippen LogP contribution in [0, 0.1) is 0 Å². The SMILES string of the molecule is CCCOc1nc(NN)nc(N2CCN(C)C(C)(C)C2)n1. The fourth-order valence-electron chi connectivity index (χ4n) is 2.22. The third-order valence-electron chi connectivity index (χ3n) is 3.77. The molecule has 0 bridgehead atoms. The first-order valence-corrected chi connectivity index (χ1v) is 7.28. The number of nitrogen functional groups attached to an aromatic ring is 1. The smallest absolute Gasteiger partial charge is 0.323 e. The number of likely N-dealkylation sites (N-methyl/N-ethyl adjacent to an activating group) is 1. The van der Waals surface area contributed by atoms with Crippen LogP contribution in [-0.2, 0) is 0 Å². The minimum absolute atomic E-state index is 0.0611. The summed E-state index contributed by atoms with van der Waals surface area (Å²) in [5.74, 6) is 6.36. The molecule has 0 spiro atoms. The molecule has 21 heavy (non-hydrogen) atoms. The fourth-order valence-corrected chi connectivity index (χ4v) is 2.22. The number of ether oxygens (including phenoxy) is 1. The summed E-state index contributed by atoms with van der Waals surface area (Å²) in [6.07, 6.45) is 0.897. The van der Waals surface area contributed by atoms with E-state index in [0.717, 1.165) is 26.1 Å². The Hall–Kier alpha value is -1.67. The van der Waals surface area contributed by atoms with E-state index in [4.69, 9.17) is 10.6 Å². The third kappa shape index (κ3) is 3.70. The zero-order valence-electron chi connectivity index (χ0n) is 13.3. The highest BCUT2D eigenvalue weighted by molar-refractivity contribution is 5.39. The van der Waals surface area contributed by atoms with E-state index in [-0.39, 0.29) is 5.54 Å². The molecule has 8 nitrogen and oxygen atoms in total. The van der Waals surface area contributed by atoms with Crippen LogP contribution in [0.5, 0.6) is 6.01 Å². The number of nitrogens with two attached hydrogens (primary N) is 1. The van der Waals surface area contributed by atoms with Gasteiger partial charge in [0.15, 0.2) is 0 Å². The van der Waals surface area contributed by atoms with Gasteiger partial charge in [-0.25, -0.2) is 5.84 Å². The Morgan fingerprint density at radius 3 is 2.67 bits per heavy atom. The predicted molar refractivity (Wildman–Crippen MR) is 82.3 cm³/mol. The second kappa shape index (κ2) is 6.40. The van der Waals surface area contributed by atoms with Crippen molar-refractivity contribution in [1.82, 2.24) is 19.9 Å². The largest absolute Gasteiger partial charge is 0.463 e. The van der Waals surface area contributed by atoms with E-state index in [2.05, 4.69) is 51.1 Å². The van der Waals surface area contributed by atoms with Crippen molar-refractivity contribution in [2.75, 3.05) is 43.6 Å². The molecular weight excluding hydrogens is 270 g/mol. The number of hydrazine groups is 1. The van der Waals surface area contributed by atoms with E-state index >= 15 is 0 Å². The summed E-state index contributed by atoms with van der Waals surface area (Å²) in [7, 11) is 2.13. The van der Waals surface area contributed by atoms with Crippen molar-refractivity contribution in [2.24, 2.45) is 5.84 Å². The Balaban J connectivity index is 2.22. The molecule has 1 aromatic heterocycles. The summed E-state index contributed by atoms with van der Waals surface area (Å²) in [6, 6.07) is 0.312. The maximum atomic E-state index is 5.51. The highest BCUT2D eigenvalue weighted by Crippen LogP contribution is 2.23. The van der Waals surface area contributed by atoms with E-state index in [9.17, 15) is 0 Å². The van der Waals surface area contributed by atoms with Gasteiger partial charge in [0.05, 0.1) is 6.61 Å². The van der Waals surface area contributed by atoms with E-state index in [1.54, 1.807) is 0 Å². The first kappa shape index (κ1) is 15.7. The topological polar surface area (TPSA) is 92.4 Å². The second-order valence-corrected chi connectivity index (χ2v) is 5.89. The zero-order chi connectivity index (χ0) is 15.5. The molecule has 1 aliphatic heterocycles. The van der Waals surface area contributed by atoms with Gasteiger partial charge in [-0.05, 0) is 27.3 Å². The normalized spacial score (nSPS) is 18.6. The zero-order valence-corrected chi connectivity index (χ0v) is 13.3. The van der Waals surface area contributed by atoms with Gasteiger partial charge in [0.25, 0.3) is 0 Å². The lowest BCUT2D eigenvalue weighted by Gasteiger charge is -2.45. The van der Waals surface area contributed by atoms with Crippen LogP contribution in [0.15, 0.2) is 0 Å². The molecule has 3 N–H and O–H groups in total. The van der Waals surface area contributed by atoms with Crippen LogP contribution >= 0.6 is 0 Å². The maximum absolute atomic E-state index is 5.51. The number of anilines is 2. The number of aromatic nitrogens is 3. The van der Waals surface area contributed by atoms with Crippen molar-refractivity contribution in [3.05, 3.63) is 0 Å². The Morgan fingerprint density at radius 1 is 1.29 bits per heavy atom. The number of nitrogens with one attached hydrogen (secondary N) is 1. The molecule has 2 rings (SSSR count). The number of nitrogens with zero attached hydrogens (tertiary/aromatic N) is 5. The van der Waals surface area contributed by atoms with Crippen LogP contribution in [0.4, 0.5) is 11.9 Å². The molecule has 0 unspecified atom stereocenters. The van der Waals surface area contributed by atoms with Crippen molar-refractivity contribution in [3.8, 4) is 6.01 Å². The molecule has 118 valence electrons. The van der Waals surface area contributed by atoms with E-state index < -0.39 is 0 Å². The summed E-state index contributed by atoms with van der Waals surface area (Å²) in [5.41, 5.74) is 2.53. The van der Waals surface area contributed by atoms with Gasteiger partial charge in [-0.1, -0.05) is 6.92 Å². The summed E-state index contributed by atoms with van der Waals surface area (Å²) in [6.45, 7) is 9.67. The van der Waals surface area contributed by atoms with Crippen LogP contribution in [0.1, 0.15) is 27.2 Å². The minimum atomic E-state index is 0.0611. The average Bonchev–Trinajstić information content (AvgIpc) is 2.47. The first-order valence-electron chi connectivity index (χ1n) is 7.28. The van der Waals surface area contributed by atoms with Gasteiger partial charge in [-0.15, -0.1) is 0 Å². The highest BCUT2D eigenvalue weighted by atomic mass is 16.5. The number of piperazine rings is 1. The van der Waals surface area contributed by atoms with E-state index in [1.807, 2.05) is 6.92 Å². The standard InChI is InChI=1S/C13H25N7O/c1-5-8-21-12-16-10(18-14)15-11(17-12)20-7-6-19(4)13(2,3)9-20/h5-9,14H2,1-4H3,(H,15,16,17,18). The summed E-state index contributed by atoms with van der Waals surface area (Å²) in [4.78, 5) is 17.3. The molecule has 0 saturated carbocycles. The number of hydrogen-bond acceptors (Lipinski definition) is 8. The molecule has 8 heteroatoms. The van der Waals surface area contributed by atoms with Crippen molar-refractivity contribution in [2.45, 2.75) is 32.7 Å². The van der Waals surface area contributed by atoms with Gasteiger partial charge in [-0.3, -0.25) is 10.3 Å². The van der Waals surface area contributed by atoms with Crippen LogP contribution in [0.25, 0.3) is 0 Å². The van der Waals surface area contributed by atoms with Crippen molar-refractivity contribution < 1.29 is 4.74 Å². The summed E-state index contributed by atoms with van der Waals surface area (Å²) >= 11 is 0. The molecule has 0 atom stereocenters. The Labute approximate surface area is 125 Å². The van der Waals surface area contributed by atoms with Gasteiger partial charge < -0.3 is 9.64 Å². The Kier molecular flexibility index (Phi) is 4.79. The molecule has 1 fully saturated rings. The highest BCUT2D eigenvalue weighted by Gasteiger charge is 2.32. The van der Waals surface area contributed by atoms with Crippen LogP contribution in [-0.4, -0.2) is 58.7 Å². The second-order valence-electron chi connectivity index (χ2n) is 5.89. The van der Waals surface area contributed by atoms with E-state index in [0.29, 0.717) is 24.5 Å². The van der Waals surface area contributed by atoms with Gasteiger partial charge in [0.1, 0.15) is 0 Å². The lowest BCUT2D eigenvalue weighted by atomic mass is 10.0. The number of hydrogen-bond donors (Lipinski definition) is 2. The van der Waals surface area contributed by atoms with Gasteiger partial charge >= 0.3 is 6.01 Å². The lowest BCUT2D eigenvalue weighted by Crippen LogP contribution is -2.58. The monoisotopic (exact) mass is 295 g/mol. The molecule has 0 amide bonds. The van der Waals surface area contributed by atoms with Crippen molar-refractivity contribution in [3.63, 3.8) is 0 Å². The summed E-state index contributed by atoms with van der Waals surface area (Å²) < 4.78 is 5.51. The van der Waals surface area contributed by atoms with Crippen molar-refractivity contribution >= 4 is 11.9 Å². The van der Waals surface area contributed by atoms with Gasteiger partial charge in [-0.2, -0.15) is 15.0 Å². The molecule has 2 heterocycles. The summed E-state index contributed by atoms with van der Waals surface area (Å²) in [5, 5.41) is 0. The van der Waals surface area contributed by atoms with Crippen LogP contribution in [0.2, 0.25) is 0 Å². The Bertz CT molecular complexity index is 480. The Morgan fingerprint density at radius 2 is 2.05 bits per heavy atom. The van der Waals surface area contributed by atoms with Crippen LogP contribution in [0.3, 0.4) is 0 Å². The minimum Gasteiger partial charge on any atom is -0.463 e. The molecule has 1 aliphatic rings. The molecule has 1 saturated heterocycles. The first-order chi connectivity index (χ1) is 9.96. The van der Waals surface area contributed by atoms with Crippen LogP contribution < -0.4 is 20.9 Å². The molecular formula is C13H25N7O. The molecule has 0 radical (unpaired) electrons. The average molecular weight is 295 g/mol. The van der Waals surface area contributed by atoms with Gasteiger partial charge in [0.2, 0.25) is 11.9 Å². The molecule has 0 aliphatic carbocycles. The quantitative estimate of drug-likeness (QED) is 0.598. The molecule has 0 aromatic carbocycles. The maximum Gasteiger partial charge on any atom is 0.323 e. The van der Waals surface area contributed by atoms with Gasteiger partial charge in [0, 0.05) is 25.2 Å². The van der Waals surface area contributed by atoms with E-state index in [1.165, 1.54) is 0 Å². The fraction of sp³-hybridized carbons (Fsp3) is 0.769. The van der Waals surface area contributed by atoms with Crippen molar-refractivity contribution in [1.29, 1.82) is 0 Å². The number of rotatable bonds is 5. The lowest BCUT2D eigenvalue weighted by molar-refractivity contribution is 0.138. The third-order valence-corrected chi connectivity index (χ3v) is 3.77. The predicted octanol–water partition coefficient (Wildman–Crippen LogP) is 0.476. The molecule has 1 aromatic rings.